The van der Waals surface area contributed by atoms with Crippen LogP contribution in [0.4, 0.5) is 0 Å². The monoisotopic (exact) mass is 317 g/mol. The van der Waals surface area contributed by atoms with Gasteiger partial charge in [-0.15, -0.1) is 0 Å². The largest absolute Gasteiger partial charge is 0.380 e. The Hall–Kier alpha value is -2.13. The molecule has 0 aromatic carbocycles. The van der Waals surface area contributed by atoms with E-state index in [1.165, 1.54) is 11.7 Å². The van der Waals surface area contributed by atoms with Crippen LogP contribution in [-0.2, 0) is 22.7 Å². The van der Waals surface area contributed by atoms with Crippen molar-refractivity contribution in [3.63, 3.8) is 0 Å². The molecule has 0 bridgehead atoms. The topological polar surface area (TPSA) is 75.3 Å². The smallest absolute Gasteiger partial charge is 0.269 e. The number of aryl methyl sites for hydroxylation is 1. The van der Waals surface area contributed by atoms with Crippen molar-refractivity contribution in [1.29, 1.82) is 5.26 Å². The third-order valence-corrected chi connectivity index (χ3v) is 4.43. The lowest BCUT2D eigenvalue weighted by molar-refractivity contribution is -0.133. The van der Waals surface area contributed by atoms with Crippen LogP contribution in [0.2, 0.25) is 0 Å². The number of carbonyl (C=O) groups excluding carboxylic acids is 1. The molecule has 124 valence electrons. The van der Waals surface area contributed by atoms with Crippen molar-refractivity contribution in [3.05, 3.63) is 33.2 Å². The highest BCUT2D eigenvalue weighted by Crippen LogP contribution is 2.16. The van der Waals surface area contributed by atoms with Gasteiger partial charge in [-0.05, 0) is 31.7 Å². The summed E-state index contributed by atoms with van der Waals surface area (Å²) in [5, 5.41) is 9.24. The molecule has 23 heavy (non-hydrogen) atoms. The summed E-state index contributed by atoms with van der Waals surface area (Å²) < 4.78 is 6.42. The molecule has 0 atom stereocenters. The lowest BCUT2D eigenvalue weighted by Gasteiger charge is -2.30. The van der Waals surface area contributed by atoms with Gasteiger partial charge in [0, 0.05) is 31.5 Å². The molecule has 1 fully saturated rings. The zero-order chi connectivity index (χ0) is 17.0. The van der Waals surface area contributed by atoms with Crippen molar-refractivity contribution < 1.29 is 9.53 Å². The molecule has 0 radical (unpaired) electrons. The Morgan fingerprint density at radius 1 is 1.43 bits per heavy atom. The number of hydrogen-bond donors (Lipinski definition) is 0. The first-order valence-electron chi connectivity index (χ1n) is 7.88. The van der Waals surface area contributed by atoms with Crippen molar-refractivity contribution in [1.82, 2.24) is 9.47 Å². The highest BCUT2D eigenvalue weighted by Gasteiger charge is 2.22. The minimum atomic E-state index is -0.418. The number of methoxy groups -OCH3 is 1. The normalized spacial score (nSPS) is 15.5. The third kappa shape index (κ3) is 3.80. The molecule has 6 nitrogen and oxygen atoms in total. The number of pyridine rings is 1. The van der Waals surface area contributed by atoms with Crippen molar-refractivity contribution in [2.75, 3.05) is 20.2 Å². The maximum Gasteiger partial charge on any atom is 0.269 e. The zero-order valence-electron chi connectivity index (χ0n) is 14.0. The summed E-state index contributed by atoms with van der Waals surface area (Å²) in [5.74, 6) is 0.576. The molecule has 6 heteroatoms. The van der Waals surface area contributed by atoms with E-state index in [-0.39, 0.29) is 24.6 Å². The molecular formula is C17H23N3O3. The predicted octanol–water partition coefficient (Wildman–Crippen LogP) is 1.43. The van der Waals surface area contributed by atoms with Crippen LogP contribution in [0.25, 0.3) is 0 Å². The second-order valence-electron chi connectivity index (χ2n) is 6.19. The Balaban J connectivity index is 2.25. The number of carbonyl (C=O) groups is 1. The summed E-state index contributed by atoms with van der Waals surface area (Å²) in [6, 6.07) is 3.68. The van der Waals surface area contributed by atoms with E-state index in [2.05, 4.69) is 6.92 Å². The Bertz CT molecular complexity index is 680. The van der Waals surface area contributed by atoms with E-state index in [0.717, 1.165) is 25.9 Å². The SMILES string of the molecule is COCc1cc(C)n(CC(=O)N2CCC(C)CC2)c(=O)c1C#N. The van der Waals surface area contributed by atoms with E-state index in [1.807, 2.05) is 6.07 Å². The van der Waals surface area contributed by atoms with Gasteiger partial charge >= 0.3 is 0 Å². The van der Waals surface area contributed by atoms with Crippen LogP contribution < -0.4 is 5.56 Å². The van der Waals surface area contributed by atoms with Gasteiger partial charge in [-0.25, -0.2) is 0 Å². The molecule has 0 saturated carbocycles. The molecule has 0 aliphatic carbocycles. The Kier molecular flexibility index (Phi) is 5.56. The van der Waals surface area contributed by atoms with Crippen molar-refractivity contribution in [2.24, 2.45) is 5.92 Å². The number of nitrogens with zero attached hydrogens (tertiary/aromatic N) is 3. The summed E-state index contributed by atoms with van der Waals surface area (Å²) in [4.78, 5) is 26.8. The summed E-state index contributed by atoms with van der Waals surface area (Å²) in [6.45, 7) is 5.62. The summed E-state index contributed by atoms with van der Waals surface area (Å²) in [6.07, 6.45) is 1.99. The average molecular weight is 317 g/mol. The highest BCUT2D eigenvalue weighted by atomic mass is 16.5. The second kappa shape index (κ2) is 7.42. The highest BCUT2D eigenvalue weighted by molar-refractivity contribution is 5.76. The number of piperidine rings is 1. The molecule has 1 aliphatic heterocycles. The van der Waals surface area contributed by atoms with Crippen LogP contribution in [0.5, 0.6) is 0 Å². The van der Waals surface area contributed by atoms with Gasteiger partial charge in [-0.2, -0.15) is 5.26 Å². The molecule has 0 unspecified atom stereocenters. The number of hydrogen-bond acceptors (Lipinski definition) is 4. The number of rotatable bonds is 4. The van der Waals surface area contributed by atoms with Crippen LogP contribution in [0, 0.1) is 24.2 Å². The van der Waals surface area contributed by atoms with E-state index >= 15 is 0 Å². The molecule has 0 N–H and O–H groups in total. The Labute approximate surface area is 136 Å². The van der Waals surface area contributed by atoms with E-state index in [1.54, 1.807) is 17.9 Å². The van der Waals surface area contributed by atoms with Crippen molar-refractivity contribution in [2.45, 2.75) is 39.8 Å². The van der Waals surface area contributed by atoms with Gasteiger partial charge < -0.3 is 14.2 Å². The van der Waals surface area contributed by atoms with Gasteiger partial charge in [0.1, 0.15) is 18.2 Å². The molecule has 1 amide bonds. The minimum absolute atomic E-state index is 0.0129. The molecular weight excluding hydrogens is 294 g/mol. The number of aromatic nitrogens is 1. The van der Waals surface area contributed by atoms with Crippen molar-refractivity contribution in [3.8, 4) is 6.07 Å². The number of likely N-dealkylation sites (tertiary alicyclic amines) is 1. The van der Waals surface area contributed by atoms with Gasteiger partial charge in [0.25, 0.3) is 5.56 Å². The standard InChI is InChI=1S/C17H23N3O3/c1-12-4-6-19(7-5-12)16(21)10-20-13(2)8-14(11-23-3)15(9-18)17(20)22/h8,12H,4-7,10-11H2,1-3H3. The fourth-order valence-electron chi connectivity index (χ4n) is 2.91. The van der Waals surface area contributed by atoms with Crippen LogP contribution in [0.15, 0.2) is 10.9 Å². The zero-order valence-corrected chi connectivity index (χ0v) is 14.0. The lowest BCUT2D eigenvalue weighted by Crippen LogP contribution is -2.42. The van der Waals surface area contributed by atoms with E-state index in [4.69, 9.17) is 4.74 Å². The Morgan fingerprint density at radius 2 is 2.09 bits per heavy atom. The maximum atomic E-state index is 12.5. The molecule has 1 aromatic heterocycles. The minimum Gasteiger partial charge on any atom is -0.380 e. The second-order valence-corrected chi connectivity index (χ2v) is 6.19. The number of amides is 1. The van der Waals surface area contributed by atoms with Gasteiger partial charge in [-0.1, -0.05) is 6.92 Å². The van der Waals surface area contributed by atoms with E-state index in [0.29, 0.717) is 17.2 Å². The lowest BCUT2D eigenvalue weighted by atomic mass is 9.99. The predicted molar refractivity (Wildman–Crippen MR) is 85.8 cm³/mol. The molecule has 1 aromatic rings. The van der Waals surface area contributed by atoms with Gasteiger partial charge in [-0.3, -0.25) is 9.59 Å². The summed E-state index contributed by atoms with van der Waals surface area (Å²) in [5.41, 5.74) is 0.864. The quantitative estimate of drug-likeness (QED) is 0.842. The van der Waals surface area contributed by atoms with Gasteiger partial charge in [0.05, 0.1) is 6.61 Å². The third-order valence-electron chi connectivity index (χ3n) is 4.43. The van der Waals surface area contributed by atoms with Crippen LogP contribution in [-0.4, -0.2) is 35.6 Å². The first-order chi connectivity index (χ1) is 11.0. The molecule has 0 spiro atoms. The molecule has 2 rings (SSSR count). The van der Waals surface area contributed by atoms with E-state index in [9.17, 15) is 14.9 Å². The molecule has 1 saturated heterocycles. The fourth-order valence-corrected chi connectivity index (χ4v) is 2.91. The fraction of sp³-hybridized carbons (Fsp3) is 0.588. The first kappa shape index (κ1) is 17.2. The van der Waals surface area contributed by atoms with Crippen LogP contribution >= 0.6 is 0 Å². The molecule has 1 aliphatic rings. The van der Waals surface area contributed by atoms with Crippen molar-refractivity contribution >= 4 is 5.91 Å². The summed E-state index contributed by atoms with van der Waals surface area (Å²) >= 11 is 0. The first-order valence-corrected chi connectivity index (χ1v) is 7.88. The summed E-state index contributed by atoms with van der Waals surface area (Å²) in [7, 11) is 1.52. The maximum absolute atomic E-state index is 12.5. The number of ether oxygens (including phenoxy) is 1. The van der Waals surface area contributed by atoms with Gasteiger partial charge in [0.15, 0.2) is 0 Å². The Morgan fingerprint density at radius 3 is 2.65 bits per heavy atom. The average Bonchev–Trinajstić information content (AvgIpc) is 2.52. The van der Waals surface area contributed by atoms with E-state index < -0.39 is 5.56 Å². The molecule has 2 heterocycles. The number of nitriles is 1. The van der Waals surface area contributed by atoms with Crippen LogP contribution in [0.1, 0.15) is 36.6 Å². The van der Waals surface area contributed by atoms with Crippen LogP contribution in [0.3, 0.4) is 0 Å². The van der Waals surface area contributed by atoms with Gasteiger partial charge in [0.2, 0.25) is 5.91 Å².